The second kappa shape index (κ2) is 10.4. The first kappa shape index (κ1) is 24.6. The van der Waals surface area contributed by atoms with Crippen LogP contribution in [-0.2, 0) is 33.9 Å². The van der Waals surface area contributed by atoms with Gasteiger partial charge in [0.25, 0.3) is 5.91 Å². The molecule has 3 aliphatic rings. The SMILES string of the molecule is C[C@@H](OC(=O)[C@H]1CC(=O)N(C2CCCC2)C1)C(=O)Nc1ccc(S(=O)(=O)N2CCOCC2)cc1. The summed E-state index contributed by atoms with van der Waals surface area (Å²) in [6, 6.07) is 6.06. The highest BCUT2D eigenvalue weighted by Crippen LogP contribution is 2.30. The number of nitrogens with zero attached hydrogens (tertiary/aromatic N) is 2. The number of ether oxygens (including phenoxy) is 2. The van der Waals surface area contributed by atoms with E-state index < -0.39 is 33.9 Å². The van der Waals surface area contributed by atoms with Gasteiger partial charge in [0.1, 0.15) is 0 Å². The lowest BCUT2D eigenvalue weighted by atomic mass is 10.1. The molecule has 1 saturated carbocycles. The molecule has 186 valence electrons. The maximum atomic E-state index is 12.7. The van der Waals surface area contributed by atoms with Crippen LogP contribution in [-0.4, -0.2) is 80.4 Å². The fraction of sp³-hybridized carbons (Fsp3) is 0.609. The number of morpholine rings is 1. The van der Waals surface area contributed by atoms with Gasteiger partial charge in [0.15, 0.2) is 6.10 Å². The van der Waals surface area contributed by atoms with Crippen LogP contribution < -0.4 is 5.32 Å². The zero-order valence-corrected chi connectivity index (χ0v) is 20.1. The highest BCUT2D eigenvalue weighted by molar-refractivity contribution is 7.89. The van der Waals surface area contributed by atoms with Crippen molar-refractivity contribution < 1.29 is 32.3 Å². The number of likely N-dealkylation sites (tertiary alicyclic amines) is 1. The molecule has 0 spiro atoms. The van der Waals surface area contributed by atoms with Crippen LogP contribution in [0.3, 0.4) is 0 Å². The molecule has 11 heteroatoms. The number of carbonyl (C=O) groups is 3. The van der Waals surface area contributed by atoms with Crippen LogP contribution in [0.5, 0.6) is 0 Å². The van der Waals surface area contributed by atoms with Crippen molar-refractivity contribution >= 4 is 33.5 Å². The van der Waals surface area contributed by atoms with Gasteiger partial charge in [-0.1, -0.05) is 12.8 Å². The standard InChI is InChI=1S/C23H31N3O7S/c1-16(33-23(29)17-14-21(27)26(15-17)19-4-2-3-5-19)22(28)24-18-6-8-20(9-7-18)34(30,31)25-10-12-32-13-11-25/h6-9,16-17,19H,2-5,10-15H2,1H3,(H,24,28)/t16-,17+/m1/s1. The van der Waals surface area contributed by atoms with E-state index in [0.29, 0.717) is 38.5 Å². The van der Waals surface area contributed by atoms with Gasteiger partial charge >= 0.3 is 5.97 Å². The number of anilines is 1. The molecule has 10 nitrogen and oxygen atoms in total. The number of esters is 1. The summed E-state index contributed by atoms with van der Waals surface area (Å²) in [4.78, 5) is 39.3. The van der Waals surface area contributed by atoms with Crippen LogP contribution in [0.2, 0.25) is 0 Å². The molecule has 1 N–H and O–H groups in total. The van der Waals surface area contributed by atoms with Crippen molar-refractivity contribution in [1.82, 2.24) is 9.21 Å². The molecule has 4 rings (SSSR count). The minimum absolute atomic E-state index is 0.0296. The summed E-state index contributed by atoms with van der Waals surface area (Å²) in [7, 11) is -3.62. The van der Waals surface area contributed by atoms with Crippen molar-refractivity contribution in [3.63, 3.8) is 0 Å². The Bertz CT molecular complexity index is 1020. The molecule has 0 unspecified atom stereocenters. The van der Waals surface area contributed by atoms with E-state index in [2.05, 4.69) is 5.32 Å². The molecular weight excluding hydrogens is 462 g/mol. The molecule has 2 heterocycles. The first-order chi connectivity index (χ1) is 16.3. The summed E-state index contributed by atoms with van der Waals surface area (Å²) in [6.45, 7) is 3.13. The average molecular weight is 494 g/mol. The van der Waals surface area contributed by atoms with E-state index in [1.165, 1.54) is 35.5 Å². The monoisotopic (exact) mass is 493 g/mol. The molecule has 2 saturated heterocycles. The van der Waals surface area contributed by atoms with Crippen LogP contribution in [0.15, 0.2) is 29.2 Å². The van der Waals surface area contributed by atoms with Crippen molar-refractivity contribution in [1.29, 1.82) is 0 Å². The first-order valence-electron chi connectivity index (χ1n) is 11.7. The van der Waals surface area contributed by atoms with Crippen LogP contribution >= 0.6 is 0 Å². The minimum Gasteiger partial charge on any atom is -0.452 e. The van der Waals surface area contributed by atoms with Gasteiger partial charge in [0.05, 0.1) is 24.0 Å². The maximum absolute atomic E-state index is 12.7. The summed E-state index contributed by atoms with van der Waals surface area (Å²) in [6.07, 6.45) is 3.20. The molecular formula is C23H31N3O7S. The lowest BCUT2D eigenvalue weighted by Crippen LogP contribution is -2.40. The Labute approximate surface area is 199 Å². The number of sulfonamides is 1. The molecule has 2 amide bonds. The Kier molecular flexibility index (Phi) is 7.54. The summed E-state index contributed by atoms with van der Waals surface area (Å²) in [5, 5.41) is 2.64. The van der Waals surface area contributed by atoms with Crippen molar-refractivity contribution in [2.24, 2.45) is 5.92 Å². The Morgan fingerprint density at radius 3 is 2.41 bits per heavy atom. The molecule has 2 atom stereocenters. The lowest BCUT2D eigenvalue weighted by Gasteiger charge is -2.26. The van der Waals surface area contributed by atoms with Gasteiger partial charge in [-0.2, -0.15) is 4.31 Å². The summed E-state index contributed by atoms with van der Waals surface area (Å²) in [5.74, 6) is -1.68. The van der Waals surface area contributed by atoms with Crippen LogP contribution in [0, 0.1) is 5.92 Å². The molecule has 1 aliphatic carbocycles. The smallest absolute Gasteiger partial charge is 0.312 e. The molecule has 0 radical (unpaired) electrons. The summed E-state index contributed by atoms with van der Waals surface area (Å²) in [5.41, 5.74) is 0.386. The number of benzene rings is 1. The van der Waals surface area contributed by atoms with Gasteiger partial charge in [-0.05, 0) is 44.0 Å². The van der Waals surface area contributed by atoms with Crippen LogP contribution in [0.25, 0.3) is 0 Å². The van der Waals surface area contributed by atoms with Crippen molar-refractivity contribution in [2.45, 2.75) is 56.1 Å². The molecule has 2 aliphatic heterocycles. The first-order valence-corrected chi connectivity index (χ1v) is 13.2. The number of nitrogens with one attached hydrogen (secondary N) is 1. The van der Waals surface area contributed by atoms with Crippen molar-refractivity contribution in [3.05, 3.63) is 24.3 Å². The van der Waals surface area contributed by atoms with E-state index in [1.807, 2.05) is 0 Å². The lowest BCUT2D eigenvalue weighted by molar-refractivity contribution is -0.157. The Hall–Kier alpha value is -2.50. The maximum Gasteiger partial charge on any atom is 0.312 e. The highest BCUT2D eigenvalue weighted by Gasteiger charge is 2.40. The van der Waals surface area contributed by atoms with E-state index in [-0.39, 0.29) is 23.3 Å². The van der Waals surface area contributed by atoms with E-state index in [4.69, 9.17) is 9.47 Å². The van der Waals surface area contributed by atoms with Crippen molar-refractivity contribution in [2.75, 3.05) is 38.2 Å². The number of amides is 2. The Morgan fingerprint density at radius 2 is 1.76 bits per heavy atom. The molecule has 3 fully saturated rings. The topological polar surface area (TPSA) is 122 Å². The fourth-order valence-corrected chi connectivity index (χ4v) is 6.08. The molecule has 34 heavy (non-hydrogen) atoms. The zero-order chi connectivity index (χ0) is 24.3. The van der Waals surface area contributed by atoms with E-state index in [0.717, 1.165) is 25.7 Å². The third-order valence-corrected chi connectivity index (χ3v) is 8.56. The zero-order valence-electron chi connectivity index (χ0n) is 19.3. The van der Waals surface area contributed by atoms with Crippen molar-refractivity contribution in [3.8, 4) is 0 Å². The molecule has 0 aromatic heterocycles. The predicted molar refractivity (Wildman–Crippen MR) is 122 cm³/mol. The average Bonchev–Trinajstić information content (AvgIpc) is 3.49. The largest absolute Gasteiger partial charge is 0.452 e. The third kappa shape index (κ3) is 5.42. The predicted octanol–water partition coefficient (Wildman–Crippen LogP) is 1.37. The minimum atomic E-state index is -3.62. The molecule has 1 aromatic carbocycles. The Morgan fingerprint density at radius 1 is 1.12 bits per heavy atom. The van der Waals surface area contributed by atoms with Crippen LogP contribution in [0.4, 0.5) is 5.69 Å². The fourth-order valence-electron chi connectivity index (χ4n) is 4.67. The second-order valence-corrected chi connectivity index (χ2v) is 10.9. The normalized spacial score (nSPS) is 23.1. The van der Waals surface area contributed by atoms with Gasteiger partial charge < -0.3 is 19.7 Å². The van der Waals surface area contributed by atoms with Gasteiger partial charge in [-0.15, -0.1) is 0 Å². The van der Waals surface area contributed by atoms with Gasteiger partial charge in [-0.3, -0.25) is 14.4 Å². The number of carbonyl (C=O) groups excluding carboxylic acids is 3. The quantitative estimate of drug-likeness (QED) is 0.569. The van der Waals surface area contributed by atoms with E-state index in [9.17, 15) is 22.8 Å². The van der Waals surface area contributed by atoms with E-state index in [1.54, 1.807) is 4.90 Å². The van der Waals surface area contributed by atoms with Gasteiger partial charge in [0, 0.05) is 37.8 Å². The summed E-state index contributed by atoms with van der Waals surface area (Å²) >= 11 is 0. The number of hydrogen-bond donors (Lipinski definition) is 1. The molecule has 0 bridgehead atoms. The number of rotatable bonds is 7. The van der Waals surface area contributed by atoms with Gasteiger partial charge in [0.2, 0.25) is 15.9 Å². The highest BCUT2D eigenvalue weighted by atomic mass is 32.2. The molecule has 1 aromatic rings. The third-order valence-electron chi connectivity index (χ3n) is 6.65. The summed E-state index contributed by atoms with van der Waals surface area (Å²) < 4.78 is 37.3. The second-order valence-electron chi connectivity index (χ2n) is 8.99. The van der Waals surface area contributed by atoms with Gasteiger partial charge in [-0.25, -0.2) is 8.42 Å². The van der Waals surface area contributed by atoms with Crippen LogP contribution in [0.1, 0.15) is 39.0 Å². The Balaban J connectivity index is 1.29. The number of hydrogen-bond acceptors (Lipinski definition) is 7. The van der Waals surface area contributed by atoms with E-state index >= 15 is 0 Å².